The van der Waals surface area contributed by atoms with E-state index in [0.717, 1.165) is 36.6 Å². The number of anilines is 1. The molecule has 1 saturated heterocycles. The number of rotatable bonds is 4. The molecule has 2 aromatic rings. The van der Waals surface area contributed by atoms with Gasteiger partial charge in [0.15, 0.2) is 18.0 Å². The molecule has 1 amide bonds. The fraction of sp³-hybridized carbons (Fsp3) is 0.350. The molecule has 0 aromatic heterocycles. The number of nitrogens with one attached hydrogen (secondary N) is 2. The van der Waals surface area contributed by atoms with Crippen molar-refractivity contribution >= 4 is 11.6 Å². The third-order valence-corrected chi connectivity index (χ3v) is 4.90. The van der Waals surface area contributed by atoms with E-state index < -0.39 is 0 Å². The summed E-state index contributed by atoms with van der Waals surface area (Å²) in [5.41, 5.74) is 2.08. The van der Waals surface area contributed by atoms with Crippen LogP contribution in [0.5, 0.6) is 11.5 Å². The molecule has 2 aliphatic rings. The highest BCUT2D eigenvalue weighted by Gasteiger charge is 2.32. The van der Waals surface area contributed by atoms with Crippen LogP contribution < -0.4 is 19.7 Å². The van der Waals surface area contributed by atoms with Crippen LogP contribution in [0.15, 0.2) is 48.5 Å². The van der Waals surface area contributed by atoms with Crippen molar-refractivity contribution in [3.05, 3.63) is 54.1 Å². The summed E-state index contributed by atoms with van der Waals surface area (Å²) >= 11 is 0. The maximum absolute atomic E-state index is 12.4. The van der Waals surface area contributed by atoms with Crippen molar-refractivity contribution in [2.45, 2.75) is 18.9 Å². The Morgan fingerprint density at radius 2 is 1.88 bits per heavy atom. The molecule has 0 radical (unpaired) electrons. The largest absolute Gasteiger partial charge is 0.486 e. The van der Waals surface area contributed by atoms with E-state index >= 15 is 0 Å². The fourth-order valence-corrected chi connectivity index (χ4v) is 3.74. The predicted octanol–water partition coefficient (Wildman–Crippen LogP) is 1.82. The molecule has 0 spiro atoms. The number of para-hydroxylation sites is 1. The lowest BCUT2D eigenvalue weighted by atomic mass is 10.0. The number of amides is 1. The second-order valence-electron chi connectivity index (χ2n) is 6.60. The Labute approximate surface area is 147 Å². The van der Waals surface area contributed by atoms with Gasteiger partial charge in [0, 0.05) is 24.1 Å². The molecule has 1 fully saturated rings. The van der Waals surface area contributed by atoms with Crippen LogP contribution in [0, 0.1) is 0 Å². The number of hydrogen-bond acceptors (Lipinski definition) is 3. The number of benzene rings is 2. The smallest absolute Gasteiger partial charge is 0.279 e. The monoisotopic (exact) mass is 339 g/mol. The molecule has 2 N–H and O–H groups in total. The van der Waals surface area contributed by atoms with Crippen molar-refractivity contribution in [1.82, 2.24) is 0 Å². The maximum Gasteiger partial charge on any atom is 0.279 e. The highest BCUT2D eigenvalue weighted by molar-refractivity contribution is 5.91. The van der Waals surface area contributed by atoms with Gasteiger partial charge >= 0.3 is 0 Å². The van der Waals surface area contributed by atoms with Crippen LogP contribution in [-0.4, -0.2) is 32.2 Å². The van der Waals surface area contributed by atoms with E-state index in [1.54, 1.807) is 0 Å². The minimum atomic E-state index is 0.0608. The third-order valence-electron chi connectivity index (χ3n) is 4.90. The minimum Gasteiger partial charge on any atom is -0.486 e. The van der Waals surface area contributed by atoms with Crippen molar-refractivity contribution in [1.29, 1.82) is 0 Å². The van der Waals surface area contributed by atoms with E-state index in [1.807, 2.05) is 36.4 Å². The predicted molar refractivity (Wildman–Crippen MR) is 95.2 cm³/mol. The summed E-state index contributed by atoms with van der Waals surface area (Å²) in [6.07, 6.45) is 2.22. The molecular weight excluding hydrogens is 316 g/mol. The molecular formula is C20H23N2O3+. The first-order valence-electron chi connectivity index (χ1n) is 8.88. The molecule has 2 atom stereocenters. The van der Waals surface area contributed by atoms with Gasteiger partial charge in [-0.25, -0.2) is 0 Å². The summed E-state index contributed by atoms with van der Waals surface area (Å²) in [5, 5.41) is 2.99. The molecule has 25 heavy (non-hydrogen) atoms. The average Bonchev–Trinajstić information content (AvgIpc) is 3.10. The first-order valence-corrected chi connectivity index (χ1v) is 8.88. The van der Waals surface area contributed by atoms with Crippen molar-refractivity contribution < 1.29 is 19.2 Å². The van der Waals surface area contributed by atoms with Crippen molar-refractivity contribution in [2.24, 2.45) is 0 Å². The zero-order valence-electron chi connectivity index (χ0n) is 14.2. The van der Waals surface area contributed by atoms with E-state index in [2.05, 4.69) is 17.4 Å². The number of carbonyl (C=O) groups is 1. The fourth-order valence-electron chi connectivity index (χ4n) is 3.74. The van der Waals surface area contributed by atoms with Crippen molar-refractivity contribution in [3.63, 3.8) is 0 Å². The van der Waals surface area contributed by atoms with Crippen LogP contribution in [-0.2, 0) is 4.79 Å². The van der Waals surface area contributed by atoms with E-state index in [-0.39, 0.29) is 5.91 Å². The molecule has 0 bridgehead atoms. The van der Waals surface area contributed by atoms with Crippen LogP contribution in [0.25, 0.3) is 0 Å². The first-order chi connectivity index (χ1) is 12.3. The SMILES string of the molecule is O=C(C[NH+]1CCC[C@@H]1c1ccc2c(c1)OCCO2)Nc1ccccc1. The summed E-state index contributed by atoms with van der Waals surface area (Å²) < 4.78 is 11.3. The average molecular weight is 339 g/mol. The zero-order valence-corrected chi connectivity index (χ0v) is 14.2. The Hall–Kier alpha value is -2.53. The highest BCUT2D eigenvalue weighted by Crippen LogP contribution is 2.33. The van der Waals surface area contributed by atoms with Crippen LogP contribution in [0.3, 0.4) is 0 Å². The molecule has 1 unspecified atom stereocenters. The van der Waals surface area contributed by atoms with Gasteiger partial charge in [0.2, 0.25) is 0 Å². The molecule has 2 heterocycles. The topological polar surface area (TPSA) is 52.0 Å². The molecule has 4 rings (SSSR count). The summed E-state index contributed by atoms with van der Waals surface area (Å²) in [6.45, 7) is 2.69. The number of likely N-dealkylation sites (tertiary alicyclic amines) is 1. The third kappa shape index (κ3) is 3.61. The van der Waals surface area contributed by atoms with Gasteiger partial charge in [-0.15, -0.1) is 0 Å². The zero-order chi connectivity index (χ0) is 17.1. The van der Waals surface area contributed by atoms with E-state index in [0.29, 0.717) is 25.8 Å². The van der Waals surface area contributed by atoms with Gasteiger partial charge < -0.3 is 19.7 Å². The molecule has 2 aliphatic heterocycles. The van der Waals surface area contributed by atoms with Crippen LogP contribution in [0.1, 0.15) is 24.4 Å². The van der Waals surface area contributed by atoms with Gasteiger partial charge in [0.25, 0.3) is 5.91 Å². The Morgan fingerprint density at radius 3 is 2.72 bits per heavy atom. The number of carbonyl (C=O) groups excluding carboxylic acids is 1. The van der Waals surface area contributed by atoms with Crippen LogP contribution in [0.2, 0.25) is 0 Å². The van der Waals surface area contributed by atoms with Gasteiger partial charge in [-0.05, 0) is 30.3 Å². The normalized spacial score (nSPS) is 21.8. The molecule has 0 saturated carbocycles. The Morgan fingerprint density at radius 1 is 1.08 bits per heavy atom. The lowest BCUT2D eigenvalue weighted by Crippen LogP contribution is -3.11. The number of ether oxygens (including phenoxy) is 2. The van der Waals surface area contributed by atoms with Crippen LogP contribution >= 0.6 is 0 Å². The quantitative estimate of drug-likeness (QED) is 0.893. The van der Waals surface area contributed by atoms with Crippen molar-refractivity contribution in [3.8, 4) is 11.5 Å². The van der Waals surface area contributed by atoms with Crippen LogP contribution in [0.4, 0.5) is 5.69 Å². The van der Waals surface area contributed by atoms with Gasteiger partial charge in [0.1, 0.15) is 19.3 Å². The van der Waals surface area contributed by atoms with E-state index in [1.165, 1.54) is 10.5 Å². The van der Waals surface area contributed by atoms with Gasteiger partial charge in [0.05, 0.1) is 6.54 Å². The first kappa shape index (κ1) is 16.0. The number of hydrogen-bond donors (Lipinski definition) is 2. The number of quaternary nitrogens is 1. The van der Waals surface area contributed by atoms with Crippen molar-refractivity contribution in [2.75, 3.05) is 31.6 Å². The molecule has 0 aliphatic carbocycles. The van der Waals surface area contributed by atoms with Gasteiger partial charge in [-0.1, -0.05) is 18.2 Å². The number of fused-ring (bicyclic) bond motifs is 1. The van der Waals surface area contributed by atoms with E-state index in [4.69, 9.17) is 9.47 Å². The lowest BCUT2D eigenvalue weighted by Gasteiger charge is -2.24. The Kier molecular flexibility index (Phi) is 4.57. The second-order valence-corrected chi connectivity index (χ2v) is 6.60. The van der Waals surface area contributed by atoms with Gasteiger partial charge in [-0.2, -0.15) is 0 Å². The lowest BCUT2D eigenvalue weighted by molar-refractivity contribution is -0.910. The molecule has 2 aromatic carbocycles. The Balaban J connectivity index is 1.44. The molecule has 5 heteroatoms. The summed E-state index contributed by atoms with van der Waals surface area (Å²) in [4.78, 5) is 13.7. The summed E-state index contributed by atoms with van der Waals surface area (Å²) in [6, 6.07) is 16.1. The standard InChI is InChI=1S/C20H22N2O3/c23-20(21-16-5-2-1-3-6-16)14-22-10-4-7-17(22)15-8-9-18-19(13-15)25-12-11-24-18/h1-3,5-6,8-9,13,17H,4,7,10-12,14H2,(H,21,23)/p+1/t17-/m1/s1. The minimum absolute atomic E-state index is 0.0608. The van der Waals surface area contributed by atoms with E-state index in [9.17, 15) is 4.79 Å². The summed E-state index contributed by atoms with van der Waals surface area (Å²) in [7, 11) is 0. The summed E-state index contributed by atoms with van der Waals surface area (Å²) in [5.74, 6) is 1.70. The Bertz CT molecular complexity index is 748. The maximum atomic E-state index is 12.4. The molecule has 5 nitrogen and oxygen atoms in total. The second kappa shape index (κ2) is 7.15. The highest BCUT2D eigenvalue weighted by atomic mass is 16.6. The molecule has 130 valence electrons. The van der Waals surface area contributed by atoms with Gasteiger partial charge in [-0.3, -0.25) is 4.79 Å².